The molecule has 3 amide bonds. The van der Waals surface area contributed by atoms with Crippen molar-refractivity contribution < 1.29 is 33.0 Å². The molecule has 3 N–H and O–H groups in total. The van der Waals surface area contributed by atoms with Crippen LogP contribution in [-0.4, -0.2) is 45.6 Å². The lowest BCUT2D eigenvalue weighted by Gasteiger charge is -2.14. The molecule has 0 aliphatic rings. The lowest BCUT2D eigenvalue weighted by atomic mass is 10.1. The van der Waals surface area contributed by atoms with Crippen LogP contribution in [0.5, 0.6) is 17.2 Å². The first-order valence-corrected chi connectivity index (χ1v) is 8.33. The standard InChI is InChI=1S/C19H20FN3O6/c1-27-14-8-11(9-15(28-2)17(14)29-3)18(25)21-10-16(24)22-23-19(26)12-6-4-5-7-13(12)20/h4-9H,10H2,1-3H3,(H,21,25)(H,22,24)(H,23,26). The van der Waals surface area contributed by atoms with Crippen LogP contribution >= 0.6 is 0 Å². The Morgan fingerprint density at radius 1 is 0.897 bits per heavy atom. The van der Waals surface area contributed by atoms with Crippen LogP contribution < -0.4 is 30.4 Å². The van der Waals surface area contributed by atoms with E-state index in [0.29, 0.717) is 5.75 Å². The summed E-state index contributed by atoms with van der Waals surface area (Å²) in [5, 5.41) is 2.39. The Hall–Kier alpha value is -3.82. The van der Waals surface area contributed by atoms with Gasteiger partial charge in [0.05, 0.1) is 33.4 Å². The van der Waals surface area contributed by atoms with E-state index in [1.54, 1.807) is 0 Å². The number of hydrogen-bond donors (Lipinski definition) is 3. The van der Waals surface area contributed by atoms with Crippen molar-refractivity contribution in [3.05, 3.63) is 53.3 Å². The minimum absolute atomic E-state index is 0.169. The van der Waals surface area contributed by atoms with E-state index in [0.717, 1.165) is 6.07 Å². The highest BCUT2D eigenvalue weighted by molar-refractivity contribution is 5.98. The smallest absolute Gasteiger partial charge is 0.272 e. The van der Waals surface area contributed by atoms with Gasteiger partial charge in [0.25, 0.3) is 17.7 Å². The molecule has 2 rings (SSSR count). The maximum absolute atomic E-state index is 13.5. The van der Waals surface area contributed by atoms with Crippen molar-refractivity contribution in [1.29, 1.82) is 0 Å². The second kappa shape index (κ2) is 9.93. The molecule has 2 aromatic carbocycles. The average Bonchev–Trinajstić information content (AvgIpc) is 2.74. The molecule has 0 saturated carbocycles. The van der Waals surface area contributed by atoms with E-state index in [1.165, 1.54) is 51.7 Å². The molecule has 0 unspecified atom stereocenters. The Morgan fingerprint density at radius 3 is 2.07 bits per heavy atom. The summed E-state index contributed by atoms with van der Waals surface area (Å²) in [6, 6.07) is 8.15. The molecule has 0 atom stereocenters. The van der Waals surface area contributed by atoms with Crippen molar-refractivity contribution in [2.75, 3.05) is 27.9 Å². The minimum atomic E-state index is -0.826. The Morgan fingerprint density at radius 2 is 1.52 bits per heavy atom. The fourth-order valence-corrected chi connectivity index (χ4v) is 2.36. The number of amides is 3. The van der Waals surface area contributed by atoms with E-state index in [2.05, 4.69) is 16.2 Å². The monoisotopic (exact) mass is 405 g/mol. The lowest BCUT2D eigenvalue weighted by Crippen LogP contribution is -2.46. The summed E-state index contributed by atoms with van der Waals surface area (Å²) < 4.78 is 29.0. The van der Waals surface area contributed by atoms with Gasteiger partial charge < -0.3 is 19.5 Å². The molecule has 0 fully saturated rings. The molecule has 2 aromatic rings. The van der Waals surface area contributed by atoms with E-state index < -0.39 is 30.1 Å². The van der Waals surface area contributed by atoms with Crippen LogP contribution in [0, 0.1) is 5.82 Å². The van der Waals surface area contributed by atoms with Gasteiger partial charge in [-0.1, -0.05) is 12.1 Å². The Labute approximate surface area is 166 Å². The number of hydrogen-bond acceptors (Lipinski definition) is 6. The fourth-order valence-electron chi connectivity index (χ4n) is 2.36. The number of carbonyl (C=O) groups excluding carboxylic acids is 3. The Balaban J connectivity index is 1.94. The van der Waals surface area contributed by atoms with Gasteiger partial charge in [0, 0.05) is 5.56 Å². The van der Waals surface area contributed by atoms with Gasteiger partial charge in [-0.25, -0.2) is 4.39 Å². The van der Waals surface area contributed by atoms with E-state index in [1.807, 2.05) is 0 Å². The van der Waals surface area contributed by atoms with Gasteiger partial charge >= 0.3 is 0 Å². The van der Waals surface area contributed by atoms with E-state index in [-0.39, 0.29) is 22.6 Å². The van der Waals surface area contributed by atoms with E-state index >= 15 is 0 Å². The third-order valence-electron chi connectivity index (χ3n) is 3.77. The Kier molecular flexibility index (Phi) is 7.35. The number of benzene rings is 2. The third kappa shape index (κ3) is 5.34. The number of halogens is 1. The van der Waals surface area contributed by atoms with Crippen LogP contribution in [0.15, 0.2) is 36.4 Å². The van der Waals surface area contributed by atoms with Crippen LogP contribution in [0.25, 0.3) is 0 Å². The number of hydrazine groups is 1. The fraction of sp³-hybridized carbons (Fsp3) is 0.211. The van der Waals surface area contributed by atoms with Gasteiger partial charge in [0.1, 0.15) is 5.82 Å². The molecule has 0 spiro atoms. The minimum Gasteiger partial charge on any atom is -0.493 e. The summed E-state index contributed by atoms with van der Waals surface area (Å²) in [7, 11) is 4.25. The highest BCUT2D eigenvalue weighted by atomic mass is 19.1. The molecule has 0 aliphatic heterocycles. The highest BCUT2D eigenvalue weighted by Gasteiger charge is 2.18. The van der Waals surface area contributed by atoms with Crippen molar-refractivity contribution in [2.45, 2.75) is 0 Å². The number of carbonyl (C=O) groups is 3. The zero-order chi connectivity index (χ0) is 21.4. The number of methoxy groups -OCH3 is 3. The highest BCUT2D eigenvalue weighted by Crippen LogP contribution is 2.38. The number of ether oxygens (including phenoxy) is 3. The molecule has 9 nitrogen and oxygen atoms in total. The summed E-state index contributed by atoms with van der Waals surface area (Å²) in [5.41, 5.74) is 4.10. The van der Waals surface area contributed by atoms with Crippen molar-refractivity contribution in [2.24, 2.45) is 0 Å². The van der Waals surface area contributed by atoms with E-state index in [4.69, 9.17) is 14.2 Å². The summed E-state index contributed by atoms with van der Waals surface area (Å²) in [6.07, 6.45) is 0. The summed E-state index contributed by atoms with van der Waals surface area (Å²) in [5.74, 6) is -1.98. The molecule has 0 aromatic heterocycles. The molecule has 10 heteroatoms. The molecule has 29 heavy (non-hydrogen) atoms. The predicted octanol–water partition coefficient (Wildman–Crippen LogP) is 1.04. The maximum Gasteiger partial charge on any atom is 0.272 e. The van der Waals surface area contributed by atoms with Crippen LogP contribution in [0.1, 0.15) is 20.7 Å². The third-order valence-corrected chi connectivity index (χ3v) is 3.77. The lowest BCUT2D eigenvalue weighted by molar-refractivity contribution is -0.120. The van der Waals surface area contributed by atoms with Gasteiger partial charge in [-0.05, 0) is 24.3 Å². The molecular weight excluding hydrogens is 385 g/mol. The first kappa shape index (κ1) is 21.5. The van der Waals surface area contributed by atoms with Crippen LogP contribution in [-0.2, 0) is 4.79 Å². The van der Waals surface area contributed by atoms with Crippen molar-refractivity contribution >= 4 is 17.7 Å². The second-order valence-electron chi connectivity index (χ2n) is 5.58. The van der Waals surface area contributed by atoms with Gasteiger partial charge in [0.2, 0.25) is 5.75 Å². The first-order valence-electron chi connectivity index (χ1n) is 8.33. The number of rotatable bonds is 7. The molecular formula is C19H20FN3O6. The second-order valence-corrected chi connectivity index (χ2v) is 5.58. The van der Waals surface area contributed by atoms with Gasteiger partial charge in [-0.2, -0.15) is 0 Å². The van der Waals surface area contributed by atoms with Crippen molar-refractivity contribution in [3.8, 4) is 17.2 Å². The molecule has 0 saturated heterocycles. The average molecular weight is 405 g/mol. The SMILES string of the molecule is COc1cc(C(=O)NCC(=O)NNC(=O)c2ccccc2F)cc(OC)c1OC. The van der Waals surface area contributed by atoms with Crippen molar-refractivity contribution in [3.63, 3.8) is 0 Å². The summed E-state index contributed by atoms with van der Waals surface area (Å²) >= 11 is 0. The molecule has 0 heterocycles. The maximum atomic E-state index is 13.5. The zero-order valence-electron chi connectivity index (χ0n) is 16.0. The molecule has 0 bridgehead atoms. The van der Waals surface area contributed by atoms with Crippen molar-refractivity contribution in [1.82, 2.24) is 16.2 Å². The van der Waals surface area contributed by atoms with E-state index in [9.17, 15) is 18.8 Å². The normalized spacial score (nSPS) is 9.93. The zero-order valence-corrected chi connectivity index (χ0v) is 16.0. The quantitative estimate of drug-likeness (QED) is 0.593. The number of nitrogens with one attached hydrogen (secondary N) is 3. The topological polar surface area (TPSA) is 115 Å². The largest absolute Gasteiger partial charge is 0.493 e. The van der Waals surface area contributed by atoms with Gasteiger partial charge in [0.15, 0.2) is 11.5 Å². The summed E-state index contributed by atoms with van der Waals surface area (Å²) in [4.78, 5) is 36.0. The Bertz CT molecular complexity index is 894. The molecule has 0 radical (unpaired) electrons. The first-order chi connectivity index (χ1) is 13.9. The van der Waals surface area contributed by atoms with Gasteiger partial charge in [-0.3, -0.25) is 25.2 Å². The van der Waals surface area contributed by atoms with Crippen LogP contribution in [0.3, 0.4) is 0 Å². The summed E-state index contributed by atoms with van der Waals surface area (Å²) in [6.45, 7) is -0.437. The molecule has 0 aliphatic carbocycles. The predicted molar refractivity (Wildman–Crippen MR) is 100 cm³/mol. The van der Waals surface area contributed by atoms with Crippen LogP contribution in [0.4, 0.5) is 4.39 Å². The van der Waals surface area contributed by atoms with Crippen LogP contribution in [0.2, 0.25) is 0 Å². The molecule has 154 valence electrons. The van der Waals surface area contributed by atoms with Gasteiger partial charge in [-0.15, -0.1) is 0 Å².